The lowest BCUT2D eigenvalue weighted by Crippen LogP contribution is -2.44. The van der Waals surface area contributed by atoms with Crippen LogP contribution < -0.4 is 0 Å². The van der Waals surface area contributed by atoms with E-state index in [1.165, 1.54) is 0 Å². The van der Waals surface area contributed by atoms with Crippen LogP contribution in [0.1, 0.15) is 39.0 Å². The van der Waals surface area contributed by atoms with Crippen LogP contribution in [0.4, 0.5) is 0 Å². The SMILES string of the molecule is CCCCC(=O)CC(=O)OC(CC(=O)O)C[N+](C)(C)C. The molecule has 0 amide bonds. The second-order valence-corrected chi connectivity index (χ2v) is 6.00. The molecule has 0 rings (SSSR count). The molecule has 0 aliphatic carbocycles. The van der Waals surface area contributed by atoms with Crippen molar-refractivity contribution in [1.82, 2.24) is 0 Å². The van der Waals surface area contributed by atoms with Crippen molar-refractivity contribution in [2.75, 3.05) is 27.7 Å². The van der Waals surface area contributed by atoms with Crippen LogP contribution in [0, 0.1) is 0 Å². The number of carbonyl (C=O) groups excluding carboxylic acids is 2. The Morgan fingerprint density at radius 2 is 1.80 bits per heavy atom. The van der Waals surface area contributed by atoms with E-state index >= 15 is 0 Å². The van der Waals surface area contributed by atoms with Crippen LogP contribution in [0.2, 0.25) is 0 Å². The molecule has 0 aliphatic heterocycles. The van der Waals surface area contributed by atoms with E-state index in [1.54, 1.807) is 0 Å². The van der Waals surface area contributed by atoms with Gasteiger partial charge < -0.3 is 14.3 Å². The number of nitrogens with zero attached hydrogens (tertiary/aromatic N) is 1. The maximum atomic E-state index is 11.7. The predicted molar refractivity (Wildman–Crippen MR) is 74.2 cm³/mol. The van der Waals surface area contributed by atoms with Crippen LogP contribution in [-0.4, -0.2) is 61.1 Å². The Balaban J connectivity index is 4.38. The highest BCUT2D eigenvalue weighted by atomic mass is 16.5. The molecule has 0 aromatic rings. The summed E-state index contributed by atoms with van der Waals surface area (Å²) < 4.78 is 5.61. The van der Waals surface area contributed by atoms with Crippen LogP contribution in [-0.2, 0) is 19.1 Å². The molecule has 1 N–H and O–H groups in total. The fraction of sp³-hybridized carbons (Fsp3) is 0.786. The number of Topliss-reactive ketones (excluding diaryl/α,β-unsaturated/α-hetero) is 1. The number of carboxylic acids is 1. The Bertz CT molecular complexity index is 346. The van der Waals surface area contributed by atoms with Crippen molar-refractivity contribution in [2.24, 2.45) is 0 Å². The van der Waals surface area contributed by atoms with Crippen LogP contribution in [0.5, 0.6) is 0 Å². The molecular formula is C14H26NO5+. The number of ketones is 1. The van der Waals surface area contributed by atoms with Crippen LogP contribution >= 0.6 is 0 Å². The summed E-state index contributed by atoms with van der Waals surface area (Å²) in [6.45, 7) is 2.36. The highest BCUT2D eigenvalue weighted by Gasteiger charge is 2.25. The van der Waals surface area contributed by atoms with Gasteiger partial charge in [-0.3, -0.25) is 14.4 Å². The van der Waals surface area contributed by atoms with Gasteiger partial charge >= 0.3 is 11.9 Å². The van der Waals surface area contributed by atoms with Gasteiger partial charge in [-0.2, -0.15) is 0 Å². The van der Waals surface area contributed by atoms with Crippen LogP contribution in [0.15, 0.2) is 0 Å². The second kappa shape index (κ2) is 8.68. The average molecular weight is 288 g/mol. The first-order valence-corrected chi connectivity index (χ1v) is 6.87. The fourth-order valence-electron chi connectivity index (χ4n) is 1.80. The first-order chi connectivity index (χ1) is 9.14. The van der Waals surface area contributed by atoms with Crippen molar-refractivity contribution in [3.63, 3.8) is 0 Å². The van der Waals surface area contributed by atoms with E-state index in [9.17, 15) is 14.4 Å². The molecule has 0 bridgehead atoms. The molecule has 116 valence electrons. The second-order valence-electron chi connectivity index (χ2n) is 6.00. The van der Waals surface area contributed by atoms with Gasteiger partial charge in [0, 0.05) is 6.42 Å². The van der Waals surface area contributed by atoms with E-state index < -0.39 is 18.0 Å². The molecule has 0 spiro atoms. The molecule has 1 unspecified atom stereocenters. The molecule has 20 heavy (non-hydrogen) atoms. The lowest BCUT2D eigenvalue weighted by molar-refractivity contribution is -0.873. The van der Waals surface area contributed by atoms with Crippen molar-refractivity contribution in [1.29, 1.82) is 0 Å². The molecule has 0 heterocycles. The summed E-state index contributed by atoms with van der Waals surface area (Å²) in [5.41, 5.74) is 0. The number of aliphatic carboxylic acids is 1. The Morgan fingerprint density at radius 3 is 2.25 bits per heavy atom. The van der Waals surface area contributed by atoms with Gasteiger partial charge in [0.15, 0.2) is 6.10 Å². The highest BCUT2D eigenvalue weighted by molar-refractivity contribution is 5.95. The minimum absolute atomic E-state index is 0.156. The lowest BCUT2D eigenvalue weighted by atomic mass is 10.1. The number of hydrogen-bond acceptors (Lipinski definition) is 4. The standard InChI is InChI=1S/C14H25NO5/c1-5-6-7-11(16)8-14(19)20-12(9-13(17)18)10-15(2,3)4/h12H,5-10H2,1-4H3/p+1. The van der Waals surface area contributed by atoms with E-state index in [2.05, 4.69) is 0 Å². The smallest absolute Gasteiger partial charge is 0.313 e. The summed E-state index contributed by atoms with van der Waals surface area (Å²) in [7, 11) is 5.65. The third-order valence-electron chi connectivity index (χ3n) is 2.60. The Morgan fingerprint density at radius 1 is 1.20 bits per heavy atom. The molecule has 0 aromatic heterocycles. The van der Waals surface area contributed by atoms with E-state index in [4.69, 9.17) is 9.84 Å². The number of carbonyl (C=O) groups is 3. The molecule has 6 heteroatoms. The zero-order valence-corrected chi connectivity index (χ0v) is 12.8. The number of esters is 1. The molecular weight excluding hydrogens is 262 g/mol. The molecule has 0 saturated heterocycles. The number of hydrogen-bond donors (Lipinski definition) is 1. The van der Waals surface area contributed by atoms with E-state index in [0.717, 1.165) is 12.8 Å². The van der Waals surface area contributed by atoms with Crippen LogP contribution in [0.25, 0.3) is 0 Å². The molecule has 0 fully saturated rings. The summed E-state index contributed by atoms with van der Waals surface area (Å²) in [5.74, 6) is -1.81. The van der Waals surface area contributed by atoms with Gasteiger partial charge in [-0.15, -0.1) is 0 Å². The molecule has 6 nitrogen and oxygen atoms in total. The number of ether oxygens (including phenoxy) is 1. The largest absolute Gasteiger partial charge is 0.481 e. The number of unbranched alkanes of at least 4 members (excludes halogenated alkanes) is 1. The summed E-state index contributed by atoms with van der Waals surface area (Å²) in [4.78, 5) is 33.9. The fourth-order valence-corrected chi connectivity index (χ4v) is 1.80. The third kappa shape index (κ3) is 10.5. The summed E-state index contributed by atoms with van der Waals surface area (Å²) in [5, 5.41) is 8.83. The van der Waals surface area contributed by atoms with Gasteiger partial charge in [0.2, 0.25) is 0 Å². The van der Waals surface area contributed by atoms with Crippen LogP contribution in [0.3, 0.4) is 0 Å². The van der Waals surface area contributed by atoms with Crippen molar-refractivity contribution in [3.05, 3.63) is 0 Å². The van der Waals surface area contributed by atoms with Crippen molar-refractivity contribution in [2.45, 2.75) is 45.1 Å². The van der Waals surface area contributed by atoms with E-state index in [1.807, 2.05) is 28.1 Å². The highest BCUT2D eigenvalue weighted by Crippen LogP contribution is 2.08. The first-order valence-electron chi connectivity index (χ1n) is 6.87. The zero-order chi connectivity index (χ0) is 15.8. The molecule has 0 aromatic carbocycles. The Hall–Kier alpha value is -1.43. The molecule has 0 radical (unpaired) electrons. The average Bonchev–Trinajstić information content (AvgIpc) is 2.22. The van der Waals surface area contributed by atoms with Crippen molar-refractivity contribution in [3.8, 4) is 0 Å². The summed E-state index contributed by atoms with van der Waals surface area (Å²) in [6, 6.07) is 0. The molecule has 1 atom stereocenters. The van der Waals surface area contributed by atoms with E-state index in [-0.39, 0.29) is 18.6 Å². The van der Waals surface area contributed by atoms with Crippen molar-refractivity contribution >= 4 is 17.7 Å². The summed E-state index contributed by atoms with van der Waals surface area (Å²) >= 11 is 0. The Kier molecular flexibility index (Phi) is 8.06. The van der Waals surface area contributed by atoms with Gasteiger partial charge in [-0.25, -0.2) is 0 Å². The number of quaternary nitrogens is 1. The van der Waals surface area contributed by atoms with Gasteiger partial charge in [-0.1, -0.05) is 13.3 Å². The lowest BCUT2D eigenvalue weighted by Gasteiger charge is -2.28. The Labute approximate surface area is 120 Å². The summed E-state index contributed by atoms with van der Waals surface area (Å²) in [6.07, 6.45) is 0.786. The van der Waals surface area contributed by atoms with Gasteiger partial charge in [0.1, 0.15) is 18.7 Å². The van der Waals surface area contributed by atoms with E-state index in [0.29, 0.717) is 17.4 Å². The third-order valence-corrected chi connectivity index (χ3v) is 2.60. The van der Waals surface area contributed by atoms with Crippen molar-refractivity contribution < 1.29 is 28.7 Å². The zero-order valence-electron chi connectivity index (χ0n) is 12.8. The number of likely N-dealkylation sites (N-methyl/N-ethyl adjacent to an activating group) is 1. The topological polar surface area (TPSA) is 80.7 Å². The molecule has 0 saturated carbocycles. The number of rotatable bonds is 10. The monoisotopic (exact) mass is 288 g/mol. The number of carboxylic acid groups (broad SMARTS) is 1. The van der Waals surface area contributed by atoms with Gasteiger partial charge in [0.05, 0.1) is 27.6 Å². The maximum Gasteiger partial charge on any atom is 0.313 e. The predicted octanol–water partition coefficient (Wildman–Crippen LogP) is 1.23. The molecule has 0 aliphatic rings. The van der Waals surface area contributed by atoms with Gasteiger partial charge in [-0.05, 0) is 6.42 Å². The van der Waals surface area contributed by atoms with Gasteiger partial charge in [0.25, 0.3) is 0 Å². The first kappa shape index (κ1) is 18.6. The quantitative estimate of drug-likeness (QED) is 0.371. The normalized spacial score (nSPS) is 12.8. The minimum Gasteiger partial charge on any atom is -0.481 e. The minimum atomic E-state index is -1.02. The maximum absolute atomic E-state index is 11.7.